The van der Waals surface area contributed by atoms with E-state index in [-0.39, 0.29) is 37.0 Å². The van der Waals surface area contributed by atoms with Crippen molar-refractivity contribution in [2.75, 3.05) is 42.0 Å². The Bertz CT molecular complexity index is 1790. The number of allylic oxidation sites excluding steroid dienone is 4. The van der Waals surface area contributed by atoms with Crippen molar-refractivity contribution in [1.29, 1.82) is 0 Å². The van der Waals surface area contributed by atoms with Gasteiger partial charge in [0, 0.05) is 14.2 Å². The lowest BCUT2D eigenvalue weighted by Gasteiger charge is -2.12. The Morgan fingerprint density at radius 3 is 1.34 bits per heavy atom. The summed E-state index contributed by atoms with van der Waals surface area (Å²) in [6, 6.07) is 24.4. The zero-order valence-corrected chi connectivity index (χ0v) is 28.3. The van der Waals surface area contributed by atoms with E-state index in [1.807, 2.05) is 85.0 Å². The molecule has 10 heteroatoms. The van der Waals surface area contributed by atoms with E-state index in [9.17, 15) is 19.8 Å². The first-order chi connectivity index (χ1) is 24.3. The molecule has 0 spiro atoms. The van der Waals surface area contributed by atoms with Crippen LogP contribution >= 0.6 is 0 Å². The SMILES string of the molecule is COC(=O)c1ccc(C=CC=Cc2ccc(O)c(O)c2)cc1.COCOc1ccc(C=CC=Cc2ccc(C(=O)OC)cc2)cc1OCOC. The predicted molar refractivity (Wildman–Crippen MR) is 193 cm³/mol. The summed E-state index contributed by atoms with van der Waals surface area (Å²) in [6.45, 7) is 0.258. The topological polar surface area (TPSA) is 130 Å². The Morgan fingerprint density at radius 1 is 0.500 bits per heavy atom. The molecular weight excluding hydrogens is 640 g/mol. The molecule has 0 aliphatic carbocycles. The fourth-order valence-electron chi connectivity index (χ4n) is 4.11. The average Bonchev–Trinajstić information content (AvgIpc) is 3.15. The Morgan fingerprint density at radius 2 is 0.900 bits per heavy atom. The molecule has 0 unspecified atom stereocenters. The Labute approximate surface area is 291 Å². The van der Waals surface area contributed by atoms with Gasteiger partial charge in [0.05, 0.1) is 25.3 Å². The van der Waals surface area contributed by atoms with Gasteiger partial charge in [-0.05, 0) is 70.8 Å². The molecular formula is C40H40O10. The predicted octanol–water partition coefficient (Wildman–Crippen LogP) is 7.78. The number of rotatable bonds is 14. The van der Waals surface area contributed by atoms with E-state index in [4.69, 9.17) is 18.9 Å². The van der Waals surface area contributed by atoms with Crippen LogP contribution in [0, 0.1) is 0 Å². The quantitative estimate of drug-likeness (QED) is 0.0590. The third kappa shape index (κ3) is 12.8. The number of esters is 2. The largest absolute Gasteiger partial charge is 0.504 e. The summed E-state index contributed by atoms with van der Waals surface area (Å²) in [5, 5.41) is 18.6. The molecule has 0 saturated heterocycles. The normalized spacial score (nSPS) is 11.1. The van der Waals surface area contributed by atoms with Crippen molar-refractivity contribution in [2.24, 2.45) is 0 Å². The third-order valence-electron chi connectivity index (χ3n) is 6.67. The molecule has 0 heterocycles. The lowest BCUT2D eigenvalue weighted by atomic mass is 10.1. The standard InChI is InChI=1S/C22H24O6.C18H16O4/c1-24-15-27-20-13-10-18(14-21(20)28-16-25-2)7-5-4-6-17-8-11-19(12-9-17)22(23)26-3;1-22-18(21)15-9-6-13(7-10-15)4-2-3-5-14-8-11-16(19)17(20)12-14/h4-14H,15-16H2,1-3H3;2-12,19-20H,1H3. The molecule has 260 valence electrons. The van der Waals surface area contributed by atoms with E-state index in [1.165, 1.54) is 26.4 Å². The highest BCUT2D eigenvalue weighted by Gasteiger charge is 2.07. The van der Waals surface area contributed by atoms with Gasteiger partial charge in [0.25, 0.3) is 0 Å². The summed E-state index contributed by atoms with van der Waals surface area (Å²) < 4.78 is 30.2. The molecule has 4 aromatic rings. The minimum Gasteiger partial charge on any atom is -0.504 e. The van der Waals surface area contributed by atoms with Crippen LogP contribution in [0.1, 0.15) is 43.0 Å². The fourth-order valence-corrected chi connectivity index (χ4v) is 4.11. The zero-order valence-electron chi connectivity index (χ0n) is 28.3. The second-order valence-electron chi connectivity index (χ2n) is 10.2. The van der Waals surface area contributed by atoms with Gasteiger partial charge < -0.3 is 38.6 Å². The molecule has 0 aliphatic rings. The molecule has 0 aliphatic heterocycles. The molecule has 0 amide bonds. The molecule has 4 rings (SSSR count). The monoisotopic (exact) mass is 680 g/mol. The molecule has 2 N–H and O–H groups in total. The van der Waals surface area contributed by atoms with E-state index in [0.717, 1.165) is 22.3 Å². The second-order valence-corrected chi connectivity index (χ2v) is 10.2. The number of carbonyl (C=O) groups excluding carboxylic acids is 2. The van der Waals surface area contributed by atoms with E-state index in [2.05, 4.69) is 9.47 Å². The molecule has 0 aromatic heterocycles. The van der Waals surface area contributed by atoms with Gasteiger partial charge in [0.1, 0.15) is 0 Å². The number of phenols is 2. The number of benzene rings is 4. The van der Waals surface area contributed by atoms with Crippen molar-refractivity contribution in [1.82, 2.24) is 0 Å². The number of hydrogen-bond acceptors (Lipinski definition) is 10. The van der Waals surface area contributed by atoms with Crippen LogP contribution in [-0.2, 0) is 18.9 Å². The zero-order chi connectivity index (χ0) is 36.1. The van der Waals surface area contributed by atoms with Crippen molar-refractivity contribution in [2.45, 2.75) is 0 Å². The maximum Gasteiger partial charge on any atom is 0.337 e. The molecule has 50 heavy (non-hydrogen) atoms. The molecule has 10 nitrogen and oxygen atoms in total. The maximum absolute atomic E-state index is 11.4. The van der Waals surface area contributed by atoms with Crippen molar-refractivity contribution in [3.8, 4) is 23.0 Å². The molecule has 0 atom stereocenters. The third-order valence-corrected chi connectivity index (χ3v) is 6.67. The summed E-state index contributed by atoms with van der Waals surface area (Å²) in [6.07, 6.45) is 15.1. The number of methoxy groups -OCH3 is 4. The van der Waals surface area contributed by atoms with Crippen LogP contribution in [0.4, 0.5) is 0 Å². The van der Waals surface area contributed by atoms with Crippen molar-refractivity contribution in [3.63, 3.8) is 0 Å². The highest BCUT2D eigenvalue weighted by Crippen LogP contribution is 2.29. The fraction of sp³-hybridized carbons (Fsp3) is 0.150. The van der Waals surface area contributed by atoms with Crippen LogP contribution in [-0.4, -0.2) is 64.2 Å². The van der Waals surface area contributed by atoms with E-state index < -0.39 is 0 Å². The van der Waals surface area contributed by atoms with Crippen LogP contribution < -0.4 is 9.47 Å². The van der Waals surface area contributed by atoms with Crippen LogP contribution in [0.5, 0.6) is 23.0 Å². The highest BCUT2D eigenvalue weighted by molar-refractivity contribution is 5.90. The van der Waals surface area contributed by atoms with E-state index in [0.29, 0.717) is 22.6 Å². The summed E-state index contributed by atoms with van der Waals surface area (Å²) in [4.78, 5) is 22.7. The van der Waals surface area contributed by atoms with Crippen molar-refractivity contribution >= 4 is 36.2 Å². The van der Waals surface area contributed by atoms with Gasteiger partial charge in [0.2, 0.25) is 0 Å². The number of aromatic hydroxyl groups is 2. The van der Waals surface area contributed by atoms with Gasteiger partial charge in [-0.1, -0.05) is 85.0 Å². The number of ether oxygens (including phenoxy) is 6. The summed E-state index contributed by atoms with van der Waals surface area (Å²) in [5.74, 6) is 0.158. The van der Waals surface area contributed by atoms with E-state index in [1.54, 1.807) is 50.6 Å². The van der Waals surface area contributed by atoms with Gasteiger partial charge in [-0.15, -0.1) is 0 Å². The van der Waals surface area contributed by atoms with Crippen LogP contribution in [0.25, 0.3) is 24.3 Å². The summed E-state index contributed by atoms with van der Waals surface area (Å²) >= 11 is 0. The van der Waals surface area contributed by atoms with E-state index >= 15 is 0 Å². The molecule has 0 fully saturated rings. The first-order valence-corrected chi connectivity index (χ1v) is 15.2. The molecule has 4 aromatic carbocycles. The molecule has 0 bridgehead atoms. The minimum absolute atomic E-state index is 0.123. The van der Waals surface area contributed by atoms with Gasteiger partial charge in [0.15, 0.2) is 36.6 Å². The Kier molecular flexibility index (Phi) is 16.1. The summed E-state index contributed by atoms with van der Waals surface area (Å²) in [7, 11) is 5.83. The number of carbonyl (C=O) groups is 2. The van der Waals surface area contributed by atoms with Gasteiger partial charge in [-0.3, -0.25) is 0 Å². The number of hydrogen-bond donors (Lipinski definition) is 2. The van der Waals surface area contributed by atoms with Crippen LogP contribution in [0.2, 0.25) is 0 Å². The Hall–Kier alpha value is -6.10. The maximum atomic E-state index is 11.4. The van der Waals surface area contributed by atoms with Gasteiger partial charge in [-0.2, -0.15) is 0 Å². The number of phenolic OH excluding ortho intramolecular Hbond substituents is 2. The second kappa shape index (κ2) is 21.0. The first-order valence-electron chi connectivity index (χ1n) is 15.2. The Balaban J connectivity index is 0.000000278. The smallest absolute Gasteiger partial charge is 0.337 e. The highest BCUT2D eigenvalue weighted by atomic mass is 16.7. The minimum atomic E-state index is -0.359. The van der Waals surface area contributed by atoms with Crippen LogP contribution in [0.3, 0.4) is 0 Å². The van der Waals surface area contributed by atoms with Gasteiger partial charge >= 0.3 is 11.9 Å². The van der Waals surface area contributed by atoms with Crippen molar-refractivity contribution in [3.05, 3.63) is 143 Å². The van der Waals surface area contributed by atoms with Crippen LogP contribution in [0.15, 0.2) is 109 Å². The molecule has 0 radical (unpaired) electrons. The summed E-state index contributed by atoms with van der Waals surface area (Å²) in [5.41, 5.74) is 4.68. The molecule has 0 saturated carbocycles. The lowest BCUT2D eigenvalue weighted by molar-refractivity contribution is 0.0322. The first kappa shape index (κ1) is 38.3. The average molecular weight is 681 g/mol. The van der Waals surface area contributed by atoms with Crippen molar-refractivity contribution < 1.29 is 48.2 Å². The lowest BCUT2D eigenvalue weighted by Crippen LogP contribution is -2.04. The van der Waals surface area contributed by atoms with Gasteiger partial charge in [-0.25, -0.2) is 9.59 Å².